The maximum atomic E-state index is 10.8. The second-order valence-electron chi connectivity index (χ2n) is 3.32. The number of esters is 1. The molecule has 0 aromatic carbocycles. The van der Waals surface area contributed by atoms with E-state index in [2.05, 4.69) is 15.4 Å². The number of amides is 1. The summed E-state index contributed by atoms with van der Waals surface area (Å²) in [6.07, 6.45) is 3.12. The van der Waals surface area contributed by atoms with Gasteiger partial charge in [0, 0.05) is 6.42 Å². The Balaban J connectivity index is 1.99. The van der Waals surface area contributed by atoms with Crippen molar-refractivity contribution >= 4 is 11.9 Å². The van der Waals surface area contributed by atoms with E-state index < -0.39 is 0 Å². The fourth-order valence-corrected chi connectivity index (χ4v) is 1.41. The van der Waals surface area contributed by atoms with Crippen LogP contribution in [0.5, 0.6) is 0 Å². The van der Waals surface area contributed by atoms with E-state index in [0.717, 1.165) is 19.3 Å². The molecule has 0 bridgehead atoms. The average Bonchev–Trinajstić information content (AvgIpc) is 2.58. The summed E-state index contributed by atoms with van der Waals surface area (Å²) >= 11 is 0. The minimum Gasteiger partial charge on any atom is -0.469 e. The molecule has 1 heterocycles. The number of ether oxygens (including phenoxy) is 1. The number of nitrogens with one attached hydrogen (secondary N) is 2. The Morgan fingerprint density at radius 3 is 2.93 bits per heavy atom. The van der Waals surface area contributed by atoms with Crippen LogP contribution in [0, 0.1) is 0 Å². The van der Waals surface area contributed by atoms with Crippen LogP contribution >= 0.6 is 0 Å². The zero-order valence-electron chi connectivity index (χ0n) is 8.34. The highest BCUT2D eigenvalue weighted by atomic mass is 16.5. The van der Waals surface area contributed by atoms with Crippen molar-refractivity contribution in [3.63, 3.8) is 0 Å². The van der Waals surface area contributed by atoms with Gasteiger partial charge in [0.2, 0.25) is 5.91 Å². The van der Waals surface area contributed by atoms with Crippen molar-refractivity contribution in [1.29, 1.82) is 0 Å². The fraction of sp³-hybridized carbons (Fsp3) is 0.778. The second-order valence-corrected chi connectivity index (χ2v) is 3.32. The normalized spacial score (nSPS) is 20.6. The molecular weight excluding hydrogens is 184 g/mol. The van der Waals surface area contributed by atoms with Crippen LogP contribution in [0.25, 0.3) is 0 Å². The molecule has 0 aromatic heterocycles. The zero-order chi connectivity index (χ0) is 10.4. The highest BCUT2D eigenvalue weighted by Gasteiger charge is 2.18. The summed E-state index contributed by atoms with van der Waals surface area (Å²) in [5, 5.41) is 5.82. The van der Waals surface area contributed by atoms with E-state index in [4.69, 9.17) is 0 Å². The van der Waals surface area contributed by atoms with Crippen molar-refractivity contribution in [2.24, 2.45) is 0 Å². The molecule has 0 aliphatic carbocycles. The van der Waals surface area contributed by atoms with Gasteiger partial charge < -0.3 is 10.1 Å². The van der Waals surface area contributed by atoms with Gasteiger partial charge >= 0.3 is 5.97 Å². The largest absolute Gasteiger partial charge is 0.469 e. The third-order valence-electron chi connectivity index (χ3n) is 2.20. The SMILES string of the molecule is COC(=O)CCCCC1NCC(=O)N1. The molecule has 1 atom stereocenters. The lowest BCUT2D eigenvalue weighted by Gasteiger charge is -2.09. The molecule has 5 nitrogen and oxygen atoms in total. The molecule has 1 rings (SSSR count). The van der Waals surface area contributed by atoms with Crippen molar-refractivity contribution in [3.05, 3.63) is 0 Å². The van der Waals surface area contributed by atoms with Crippen LogP contribution in [-0.2, 0) is 14.3 Å². The Bertz CT molecular complexity index is 218. The molecular formula is C9H16N2O3. The highest BCUT2D eigenvalue weighted by molar-refractivity contribution is 5.80. The molecule has 1 aliphatic rings. The highest BCUT2D eigenvalue weighted by Crippen LogP contribution is 2.04. The third-order valence-corrected chi connectivity index (χ3v) is 2.20. The Hall–Kier alpha value is -1.10. The van der Waals surface area contributed by atoms with Crippen LogP contribution in [-0.4, -0.2) is 31.7 Å². The number of rotatable bonds is 5. The van der Waals surface area contributed by atoms with E-state index in [1.54, 1.807) is 0 Å². The van der Waals surface area contributed by atoms with Crippen LogP contribution in [0.2, 0.25) is 0 Å². The lowest BCUT2D eigenvalue weighted by Crippen LogP contribution is -2.31. The van der Waals surface area contributed by atoms with E-state index in [1.807, 2.05) is 0 Å². The molecule has 5 heteroatoms. The van der Waals surface area contributed by atoms with Crippen LogP contribution < -0.4 is 10.6 Å². The lowest BCUT2D eigenvalue weighted by molar-refractivity contribution is -0.140. The van der Waals surface area contributed by atoms with Gasteiger partial charge in [-0.2, -0.15) is 0 Å². The van der Waals surface area contributed by atoms with Gasteiger partial charge in [-0.05, 0) is 19.3 Å². The van der Waals surface area contributed by atoms with Crippen LogP contribution in [0.15, 0.2) is 0 Å². The standard InChI is InChI=1S/C9H16N2O3/c1-14-9(13)5-3-2-4-7-10-6-8(12)11-7/h7,10H,2-6H2,1H3,(H,11,12). The molecule has 0 spiro atoms. The Morgan fingerprint density at radius 1 is 1.57 bits per heavy atom. The van der Waals surface area contributed by atoms with Crippen molar-refractivity contribution in [3.8, 4) is 0 Å². The number of carbonyl (C=O) groups excluding carboxylic acids is 2. The molecule has 1 saturated heterocycles. The predicted octanol–water partition coefficient (Wildman–Crippen LogP) is -0.235. The Morgan fingerprint density at radius 2 is 2.36 bits per heavy atom. The Kier molecular flexibility index (Phi) is 4.39. The first-order chi connectivity index (χ1) is 6.72. The van der Waals surface area contributed by atoms with Crippen LogP contribution in [0.1, 0.15) is 25.7 Å². The van der Waals surface area contributed by atoms with E-state index in [9.17, 15) is 9.59 Å². The Labute approximate surface area is 83.2 Å². The fourth-order valence-electron chi connectivity index (χ4n) is 1.41. The minimum absolute atomic E-state index is 0.0444. The zero-order valence-corrected chi connectivity index (χ0v) is 8.34. The number of methoxy groups -OCH3 is 1. The van der Waals surface area contributed by atoms with Gasteiger partial charge in [-0.25, -0.2) is 0 Å². The van der Waals surface area contributed by atoms with E-state index in [0.29, 0.717) is 13.0 Å². The van der Waals surface area contributed by atoms with Gasteiger partial charge in [0.05, 0.1) is 19.8 Å². The summed E-state index contributed by atoms with van der Waals surface area (Å²) in [4.78, 5) is 21.5. The number of unbranched alkanes of at least 4 members (excludes halogenated alkanes) is 1. The number of hydrogen-bond acceptors (Lipinski definition) is 4. The van der Waals surface area contributed by atoms with Gasteiger partial charge in [-0.1, -0.05) is 0 Å². The van der Waals surface area contributed by atoms with Crippen LogP contribution in [0.3, 0.4) is 0 Å². The first-order valence-electron chi connectivity index (χ1n) is 4.82. The molecule has 0 saturated carbocycles. The summed E-state index contributed by atoms with van der Waals surface area (Å²) in [6.45, 7) is 0.404. The monoisotopic (exact) mass is 200 g/mol. The second kappa shape index (κ2) is 5.59. The maximum absolute atomic E-state index is 10.8. The topological polar surface area (TPSA) is 67.4 Å². The molecule has 1 unspecified atom stereocenters. The summed E-state index contributed by atoms with van der Waals surface area (Å²) in [5.41, 5.74) is 0. The molecule has 80 valence electrons. The van der Waals surface area contributed by atoms with Gasteiger partial charge in [-0.3, -0.25) is 14.9 Å². The van der Waals surface area contributed by atoms with Crippen molar-refractivity contribution < 1.29 is 14.3 Å². The summed E-state index contributed by atoms with van der Waals surface area (Å²) in [7, 11) is 1.39. The molecule has 1 amide bonds. The molecule has 1 fully saturated rings. The molecule has 2 N–H and O–H groups in total. The quantitative estimate of drug-likeness (QED) is 0.475. The van der Waals surface area contributed by atoms with Gasteiger partial charge in [0.25, 0.3) is 0 Å². The molecule has 14 heavy (non-hydrogen) atoms. The molecule has 1 aliphatic heterocycles. The summed E-state index contributed by atoms with van der Waals surface area (Å²) in [6, 6.07) is 0. The number of hydrogen-bond donors (Lipinski definition) is 2. The van der Waals surface area contributed by atoms with Crippen molar-refractivity contribution in [2.45, 2.75) is 31.8 Å². The van der Waals surface area contributed by atoms with Crippen molar-refractivity contribution in [2.75, 3.05) is 13.7 Å². The average molecular weight is 200 g/mol. The first-order valence-corrected chi connectivity index (χ1v) is 4.82. The van der Waals surface area contributed by atoms with E-state index in [1.165, 1.54) is 7.11 Å². The van der Waals surface area contributed by atoms with E-state index in [-0.39, 0.29) is 18.0 Å². The molecule has 0 radical (unpaired) electrons. The summed E-state index contributed by atoms with van der Waals surface area (Å²) < 4.78 is 4.52. The van der Waals surface area contributed by atoms with Gasteiger partial charge in [0.1, 0.15) is 0 Å². The van der Waals surface area contributed by atoms with Crippen LogP contribution in [0.4, 0.5) is 0 Å². The first kappa shape index (κ1) is 11.0. The maximum Gasteiger partial charge on any atom is 0.305 e. The van der Waals surface area contributed by atoms with E-state index >= 15 is 0 Å². The molecule has 0 aromatic rings. The predicted molar refractivity (Wildman–Crippen MR) is 50.4 cm³/mol. The number of carbonyl (C=O) groups is 2. The summed E-state index contributed by atoms with van der Waals surface area (Å²) in [5.74, 6) is -0.128. The third kappa shape index (κ3) is 3.74. The van der Waals surface area contributed by atoms with Crippen molar-refractivity contribution in [1.82, 2.24) is 10.6 Å². The van der Waals surface area contributed by atoms with Gasteiger partial charge in [-0.15, -0.1) is 0 Å². The van der Waals surface area contributed by atoms with Gasteiger partial charge in [0.15, 0.2) is 0 Å². The minimum atomic E-state index is -0.173. The lowest BCUT2D eigenvalue weighted by atomic mass is 10.1. The smallest absolute Gasteiger partial charge is 0.305 e.